The Balaban J connectivity index is 3.10. The monoisotopic (exact) mass is 199 g/mol. The number of carbonyl (C=O) groups excluding carboxylic acids is 1. The molecule has 0 bridgehead atoms. The number of nitrogens with zero attached hydrogens (tertiary/aromatic N) is 1. The number of rotatable bonds is 1. The fourth-order valence-corrected chi connectivity index (χ4v) is 1.25. The average Bonchev–Trinajstić information content (AvgIpc) is 2.30. The largest absolute Gasteiger partial charge is 0.332 e. The van der Waals surface area contributed by atoms with Crippen molar-refractivity contribution in [1.82, 2.24) is 4.57 Å². The fourth-order valence-electron chi connectivity index (χ4n) is 1.10. The Bertz CT molecular complexity index is 333. The van der Waals surface area contributed by atoms with Crippen LogP contribution in [0, 0.1) is 5.41 Å². The Morgan fingerprint density at radius 1 is 1.38 bits per heavy atom. The Hall–Kier alpha value is -0.760. The third kappa shape index (κ3) is 1.94. The summed E-state index contributed by atoms with van der Waals surface area (Å²) in [6, 6.07) is 3.50. The highest BCUT2D eigenvalue weighted by Crippen LogP contribution is 2.23. The lowest BCUT2D eigenvalue weighted by molar-refractivity contribution is 0.0849. The second kappa shape index (κ2) is 3.18. The predicted octanol–water partition coefficient (Wildman–Crippen LogP) is 2.91. The minimum Gasteiger partial charge on any atom is -0.332 e. The summed E-state index contributed by atoms with van der Waals surface area (Å²) in [4.78, 5) is 11.8. The predicted molar refractivity (Wildman–Crippen MR) is 54.2 cm³/mol. The summed E-state index contributed by atoms with van der Waals surface area (Å²) in [7, 11) is 1.79. The maximum atomic E-state index is 11.8. The highest BCUT2D eigenvalue weighted by atomic mass is 35.5. The summed E-state index contributed by atoms with van der Waals surface area (Å²) in [5, 5.41) is 0.590. The van der Waals surface area contributed by atoms with E-state index in [9.17, 15) is 4.79 Å². The highest BCUT2D eigenvalue weighted by Gasteiger charge is 2.25. The van der Waals surface area contributed by atoms with E-state index in [-0.39, 0.29) is 11.2 Å². The SMILES string of the molecule is Cn1c(Cl)ccc1C(=O)C(C)(C)C. The zero-order valence-electron chi connectivity index (χ0n) is 8.39. The van der Waals surface area contributed by atoms with E-state index in [0.717, 1.165) is 0 Å². The molecule has 0 atom stereocenters. The Labute approximate surface area is 83.5 Å². The molecule has 0 aromatic carbocycles. The molecule has 3 heteroatoms. The van der Waals surface area contributed by atoms with Gasteiger partial charge in [-0.25, -0.2) is 0 Å². The highest BCUT2D eigenvalue weighted by molar-refractivity contribution is 6.30. The second-order valence-electron chi connectivity index (χ2n) is 4.18. The molecule has 13 heavy (non-hydrogen) atoms. The fraction of sp³-hybridized carbons (Fsp3) is 0.500. The molecule has 1 rings (SSSR count). The van der Waals surface area contributed by atoms with Gasteiger partial charge in [0.25, 0.3) is 0 Å². The smallest absolute Gasteiger partial charge is 0.184 e. The first-order valence-corrected chi connectivity index (χ1v) is 4.58. The van der Waals surface area contributed by atoms with Gasteiger partial charge in [0, 0.05) is 12.5 Å². The van der Waals surface area contributed by atoms with Crippen LogP contribution in [0.3, 0.4) is 0 Å². The molecule has 1 heterocycles. The molecule has 1 aromatic rings. The number of hydrogen-bond acceptors (Lipinski definition) is 1. The van der Waals surface area contributed by atoms with Crippen molar-refractivity contribution < 1.29 is 4.79 Å². The topological polar surface area (TPSA) is 22.0 Å². The summed E-state index contributed by atoms with van der Waals surface area (Å²) >= 11 is 5.83. The van der Waals surface area contributed by atoms with Crippen molar-refractivity contribution >= 4 is 17.4 Å². The lowest BCUT2D eigenvalue weighted by atomic mass is 9.89. The summed E-state index contributed by atoms with van der Waals surface area (Å²) < 4.78 is 1.70. The van der Waals surface area contributed by atoms with E-state index in [4.69, 9.17) is 11.6 Å². The van der Waals surface area contributed by atoms with Gasteiger partial charge in [0.2, 0.25) is 0 Å². The summed E-state index contributed by atoms with van der Waals surface area (Å²) in [6.07, 6.45) is 0. The van der Waals surface area contributed by atoms with E-state index in [2.05, 4.69) is 0 Å². The van der Waals surface area contributed by atoms with Crippen LogP contribution in [0.5, 0.6) is 0 Å². The average molecular weight is 200 g/mol. The van der Waals surface area contributed by atoms with Gasteiger partial charge in [0.05, 0.1) is 5.69 Å². The van der Waals surface area contributed by atoms with Crippen molar-refractivity contribution in [3.63, 3.8) is 0 Å². The molecule has 0 unspecified atom stereocenters. The van der Waals surface area contributed by atoms with Crippen molar-refractivity contribution in [2.75, 3.05) is 0 Å². The molecule has 2 nitrogen and oxygen atoms in total. The second-order valence-corrected chi connectivity index (χ2v) is 4.57. The third-order valence-electron chi connectivity index (χ3n) is 1.97. The number of aromatic nitrogens is 1. The molecule has 0 fully saturated rings. The van der Waals surface area contributed by atoms with Crippen LogP contribution < -0.4 is 0 Å². The van der Waals surface area contributed by atoms with Gasteiger partial charge < -0.3 is 4.57 Å². The van der Waals surface area contributed by atoms with E-state index < -0.39 is 0 Å². The lowest BCUT2D eigenvalue weighted by Gasteiger charge is -2.16. The molecule has 0 aliphatic rings. The maximum absolute atomic E-state index is 11.8. The molecule has 0 radical (unpaired) electrons. The van der Waals surface area contributed by atoms with Gasteiger partial charge in [-0.15, -0.1) is 0 Å². The Morgan fingerprint density at radius 2 is 1.92 bits per heavy atom. The van der Waals surface area contributed by atoms with E-state index in [1.807, 2.05) is 20.8 Å². The molecular formula is C10H14ClNO. The molecule has 0 N–H and O–H groups in total. The van der Waals surface area contributed by atoms with Crippen molar-refractivity contribution in [2.24, 2.45) is 12.5 Å². The van der Waals surface area contributed by atoms with Crippen LogP contribution in [0.2, 0.25) is 5.15 Å². The van der Waals surface area contributed by atoms with E-state index in [1.165, 1.54) is 0 Å². The first-order chi connectivity index (χ1) is 5.84. The van der Waals surface area contributed by atoms with Crippen LogP contribution in [-0.4, -0.2) is 10.4 Å². The molecule has 0 saturated heterocycles. The first-order valence-electron chi connectivity index (χ1n) is 4.20. The molecule has 0 amide bonds. The molecule has 0 aliphatic heterocycles. The number of Topliss-reactive ketones (excluding diaryl/α,β-unsaturated/α-hetero) is 1. The molecule has 72 valence electrons. The van der Waals surface area contributed by atoms with E-state index in [0.29, 0.717) is 10.8 Å². The van der Waals surface area contributed by atoms with Crippen molar-refractivity contribution in [3.05, 3.63) is 23.0 Å². The van der Waals surface area contributed by atoms with Crippen LogP contribution in [0.4, 0.5) is 0 Å². The normalized spacial score (nSPS) is 11.8. The minimum atomic E-state index is -0.352. The third-order valence-corrected chi connectivity index (χ3v) is 2.35. The first kappa shape index (κ1) is 10.3. The van der Waals surface area contributed by atoms with Gasteiger partial charge in [0.15, 0.2) is 5.78 Å². The van der Waals surface area contributed by atoms with Crippen molar-refractivity contribution in [1.29, 1.82) is 0 Å². The van der Waals surface area contributed by atoms with Gasteiger partial charge in [-0.05, 0) is 12.1 Å². The van der Waals surface area contributed by atoms with Gasteiger partial charge in [0.1, 0.15) is 5.15 Å². The van der Waals surface area contributed by atoms with Crippen LogP contribution in [0.1, 0.15) is 31.3 Å². The minimum absolute atomic E-state index is 0.113. The van der Waals surface area contributed by atoms with Gasteiger partial charge in [-0.2, -0.15) is 0 Å². The summed E-state index contributed by atoms with van der Waals surface area (Å²) in [5.41, 5.74) is 0.313. The van der Waals surface area contributed by atoms with Crippen molar-refractivity contribution in [3.8, 4) is 0 Å². The number of halogens is 1. The lowest BCUT2D eigenvalue weighted by Crippen LogP contribution is -2.22. The maximum Gasteiger partial charge on any atom is 0.184 e. The van der Waals surface area contributed by atoms with Gasteiger partial charge >= 0.3 is 0 Å². The number of carbonyl (C=O) groups is 1. The van der Waals surface area contributed by atoms with Crippen LogP contribution >= 0.6 is 11.6 Å². The van der Waals surface area contributed by atoms with E-state index >= 15 is 0 Å². The molecule has 0 aliphatic carbocycles. The zero-order chi connectivity index (χ0) is 10.2. The Kier molecular flexibility index (Phi) is 2.53. The summed E-state index contributed by atoms with van der Waals surface area (Å²) in [5.74, 6) is 0.113. The van der Waals surface area contributed by atoms with Crippen LogP contribution in [0.15, 0.2) is 12.1 Å². The number of ketones is 1. The molecule has 1 aromatic heterocycles. The van der Waals surface area contributed by atoms with Gasteiger partial charge in [-0.3, -0.25) is 4.79 Å². The molecular weight excluding hydrogens is 186 g/mol. The van der Waals surface area contributed by atoms with Gasteiger partial charge in [-0.1, -0.05) is 32.4 Å². The number of hydrogen-bond donors (Lipinski definition) is 0. The molecule has 0 spiro atoms. The van der Waals surface area contributed by atoms with E-state index in [1.54, 1.807) is 23.7 Å². The van der Waals surface area contributed by atoms with Crippen LogP contribution in [-0.2, 0) is 7.05 Å². The zero-order valence-corrected chi connectivity index (χ0v) is 9.14. The quantitative estimate of drug-likeness (QED) is 0.638. The standard InChI is InChI=1S/C10H14ClNO/c1-10(2,3)9(13)7-5-6-8(11)12(7)4/h5-6H,1-4H3. The summed E-state index contributed by atoms with van der Waals surface area (Å²) in [6.45, 7) is 5.70. The molecule has 0 saturated carbocycles. The van der Waals surface area contributed by atoms with Crippen LogP contribution in [0.25, 0.3) is 0 Å². The Morgan fingerprint density at radius 3 is 2.23 bits per heavy atom. The van der Waals surface area contributed by atoms with Crippen molar-refractivity contribution in [2.45, 2.75) is 20.8 Å².